The molecule has 0 saturated heterocycles. The van der Waals surface area contributed by atoms with Crippen LogP contribution in [0.25, 0.3) is 0 Å². The molecule has 0 saturated carbocycles. The molecule has 29 heavy (non-hydrogen) atoms. The molecule has 0 bridgehead atoms. The van der Waals surface area contributed by atoms with Crippen LogP contribution in [0.5, 0.6) is 0 Å². The van der Waals surface area contributed by atoms with Gasteiger partial charge in [-0.3, -0.25) is 4.79 Å². The van der Waals surface area contributed by atoms with Crippen LogP contribution in [0.15, 0.2) is 60.8 Å². The van der Waals surface area contributed by atoms with Crippen molar-refractivity contribution in [2.75, 3.05) is 5.32 Å². The van der Waals surface area contributed by atoms with Gasteiger partial charge < -0.3 is 10.6 Å². The maximum absolute atomic E-state index is 13.0. The van der Waals surface area contributed by atoms with Crippen LogP contribution >= 0.6 is 0 Å². The zero-order valence-corrected chi connectivity index (χ0v) is 16.2. The minimum atomic E-state index is -0.310. The van der Waals surface area contributed by atoms with E-state index < -0.39 is 0 Å². The van der Waals surface area contributed by atoms with Crippen molar-refractivity contribution >= 4 is 17.4 Å². The quantitative estimate of drug-likeness (QED) is 0.630. The minimum Gasteiger partial charge on any atom is -0.348 e. The Labute approximate surface area is 169 Å². The number of benzene rings is 2. The summed E-state index contributed by atoms with van der Waals surface area (Å²) in [6.07, 6.45) is 1.55. The molecule has 146 valence electrons. The standard InChI is InChI=1S/C23H21FN4O/c1-15(2)20-11-22(28-19-5-3-4-17(10-19)12-25)26-14-21(20)23(29)27-13-16-6-8-18(24)9-7-16/h3-11,14-15H,13H2,1-2H3,(H,26,28)(H,27,29). The molecule has 0 aliphatic heterocycles. The Morgan fingerprint density at radius 2 is 1.93 bits per heavy atom. The summed E-state index contributed by atoms with van der Waals surface area (Å²) in [7, 11) is 0. The summed E-state index contributed by atoms with van der Waals surface area (Å²) in [5, 5.41) is 15.1. The van der Waals surface area contributed by atoms with Gasteiger partial charge in [0.1, 0.15) is 11.6 Å². The Hall–Kier alpha value is -3.72. The molecule has 0 atom stereocenters. The summed E-state index contributed by atoms with van der Waals surface area (Å²) in [6, 6.07) is 17.1. The summed E-state index contributed by atoms with van der Waals surface area (Å²) in [4.78, 5) is 17.0. The molecule has 2 N–H and O–H groups in total. The van der Waals surface area contributed by atoms with Gasteiger partial charge in [-0.15, -0.1) is 0 Å². The molecule has 1 aromatic heterocycles. The lowest BCUT2D eigenvalue weighted by Crippen LogP contribution is -2.24. The zero-order valence-electron chi connectivity index (χ0n) is 16.2. The fraction of sp³-hybridized carbons (Fsp3) is 0.174. The van der Waals surface area contributed by atoms with Crippen molar-refractivity contribution in [1.82, 2.24) is 10.3 Å². The SMILES string of the molecule is CC(C)c1cc(Nc2cccc(C#N)c2)ncc1C(=O)NCc1ccc(F)cc1. The molecule has 0 unspecified atom stereocenters. The first kappa shape index (κ1) is 20.0. The number of nitrogens with one attached hydrogen (secondary N) is 2. The monoisotopic (exact) mass is 388 g/mol. The second-order valence-electron chi connectivity index (χ2n) is 6.94. The Morgan fingerprint density at radius 3 is 2.62 bits per heavy atom. The van der Waals surface area contributed by atoms with Gasteiger partial charge in [-0.05, 0) is 53.4 Å². The number of aromatic nitrogens is 1. The number of hydrogen-bond donors (Lipinski definition) is 2. The van der Waals surface area contributed by atoms with Gasteiger partial charge in [-0.25, -0.2) is 9.37 Å². The first-order valence-electron chi connectivity index (χ1n) is 9.26. The van der Waals surface area contributed by atoms with E-state index in [1.54, 1.807) is 36.5 Å². The highest BCUT2D eigenvalue weighted by atomic mass is 19.1. The average molecular weight is 388 g/mol. The molecule has 1 heterocycles. The molecule has 0 radical (unpaired) electrons. The van der Waals surface area contributed by atoms with Crippen LogP contribution < -0.4 is 10.6 Å². The molecule has 5 nitrogen and oxygen atoms in total. The largest absolute Gasteiger partial charge is 0.348 e. The van der Waals surface area contributed by atoms with Gasteiger partial charge in [0.25, 0.3) is 5.91 Å². The Balaban J connectivity index is 1.77. The molecular weight excluding hydrogens is 367 g/mol. The highest BCUT2D eigenvalue weighted by Crippen LogP contribution is 2.24. The van der Waals surface area contributed by atoms with Crippen LogP contribution in [0.4, 0.5) is 15.9 Å². The van der Waals surface area contributed by atoms with Crippen molar-refractivity contribution in [3.05, 3.63) is 88.9 Å². The van der Waals surface area contributed by atoms with E-state index in [0.717, 1.165) is 16.8 Å². The third kappa shape index (κ3) is 5.17. The van der Waals surface area contributed by atoms with Crippen molar-refractivity contribution in [2.45, 2.75) is 26.3 Å². The number of nitriles is 1. The number of pyridine rings is 1. The van der Waals surface area contributed by atoms with Gasteiger partial charge in [0.2, 0.25) is 0 Å². The Bertz CT molecular complexity index is 1060. The molecule has 0 fully saturated rings. The van der Waals surface area contributed by atoms with E-state index in [1.807, 2.05) is 26.0 Å². The van der Waals surface area contributed by atoms with Crippen molar-refractivity contribution in [1.29, 1.82) is 5.26 Å². The fourth-order valence-electron chi connectivity index (χ4n) is 2.90. The van der Waals surface area contributed by atoms with E-state index in [2.05, 4.69) is 21.7 Å². The Morgan fingerprint density at radius 1 is 1.17 bits per heavy atom. The molecule has 6 heteroatoms. The number of carbonyl (C=O) groups excluding carboxylic acids is 1. The number of amides is 1. The van der Waals surface area contributed by atoms with E-state index in [4.69, 9.17) is 5.26 Å². The van der Waals surface area contributed by atoms with Crippen LogP contribution in [0, 0.1) is 17.1 Å². The zero-order chi connectivity index (χ0) is 20.8. The highest BCUT2D eigenvalue weighted by Gasteiger charge is 2.16. The van der Waals surface area contributed by atoms with Gasteiger partial charge in [-0.2, -0.15) is 5.26 Å². The molecule has 0 aliphatic carbocycles. The van der Waals surface area contributed by atoms with Gasteiger partial charge >= 0.3 is 0 Å². The normalized spacial score (nSPS) is 10.4. The second kappa shape index (κ2) is 8.98. The molecule has 0 spiro atoms. The molecule has 1 amide bonds. The summed E-state index contributed by atoms with van der Waals surface area (Å²) < 4.78 is 13.0. The summed E-state index contributed by atoms with van der Waals surface area (Å²) in [5.74, 6) is 0.160. The van der Waals surface area contributed by atoms with Crippen molar-refractivity contribution in [3.63, 3.8) is 0 Å². The number of hydrogen-bond acceptors (Lipinski definition) is 4. The van der Waals surface area contributed by atoms with Crippen molar-refractivity contribution < 1.29 is 9.18 Å². The van der Waals surface area contributed by atoms with E-state index in [1.165, 1.54) is 12.1 Å². The van der Waals surface area contributed by atoms with Gasteiger partial charge in [0.05, 0.1) is 17.2 Å². The maximum atomic E-state index is 13.0. The van der Waals surface area contributed by atoms with Gasteiger partial charge in [-0.1, -0.05) is 32.0 Å². The highest BCUT2D eigenvalue weighted by molar-refractivity contribution is 5.95. The van der Waals surface area contributed by atoms with Crippen LogP contribution in [0.2, 0.25) is 0 Å². The predicted octanol–water partition coefficient (Wildman–Crippen LogP) is 4.89. The van der Waals surface area contributed by atoms with Crippen LogP contribution in [0.1, 0.15) is 46.8 Å². The van der Waals surface area contributed by atoms with Crippen molar-refractivity contribution in [2.24, 2.45) is 0 Å². The summed E-state index contributed by atoms with van der Waals surface area (Å²) in [5.41, 5.74) is 3.47. The first-order chi connectivity index (χ1) is 14.0. The predicted molar refractivity (Wildman–Crippen MR) is 110 cm³/mol. The lowest BCUT2D eigenvalue weighted by molar-refractivity contribution is 0.0949. The smallest absolute Gasteiger partial charge is 0.253 e. The van der Waals surface area contributed by atoms with Gasteiger partial charge in [0, 0.05) is 18.4 Å². The third-order valence-corrected chi connectivity index (χ3v) is 4.43. The van der Waals surface area contributed by atoms with E-state index in [-0.39, 0.29) is 17.6 Å². The number of nitrogens with zero attached hydrogens (tertiary/aromatic N) is 2. The topological polar surface area (TPSA) is 77.8 Å². The van der Waals surface area contributed by atoms with Crippen LogP contribution in [0.3, 0.4) is 0 Å². The maximum Gasteiger partial charge on any atom is 0.253 e. The van der Waals surface area contributed by atoms with E-state index in [0.29, 0.717) is 23.5 Å². The molecule has 0 aliphatic rings. The average Bonchev–Trinajstić information content (AvgIpc) is 2.73. The third-order valence-electron chi connectivity index (χ3n) is 4.43. The number of carbonyl (C=O) groups is 1. The number of halogens is 1. The molecular formula is C23H21FN4O. The summed E-state index contributed by atoms with van der Waals surface area (Å²) in [6.45, 7) is 4.32. The number of anilines is 2. The van der Waals surface area contributed by atoms with Gasteiger partial charge in [0.15, 0.2) is 0 Å². The van der Waals surface area contributed by atoms with Crippen molar-refractivity contribution in [3.8, 4) is 6.07 Å². The van der Waals surface area contributed by atoms with E-state index in [9.17, 15) is 9.18 Å². The fourth-order valence-corrected chi connectivity index (χ4v) is 2.90. The van der Waals surface area contributed by atoms with Crippen LogP contribution in [-0.4, -0.2) is 10.9 Å². The molecule has 3 rings (SSSR count). The number of rotatable bonds is 6. The molecule has 2 aromatic carbocycles. The molecule has 3 aromatic rings. The Kier molecular flexibility index (Phi) is 6.20. The second-order valence-corrected chi connectivity index (χ2v) is 6.94. The van der Waals surface area contributed by atoms with E-state index >= 15 is 0 Å². The lowest BCUT2D eigenvalue weighted by Gasteiger charge is -2.15. The minimum absolute atomic E-state index is 0.107. The lowest BCUT2D eigenvalue weighted by atomic mass is 9.98. The summed E-state index contributed by atoms with van der Waals surface area (Å²) >= 11 is 0. The first-order valence-corrected chi connectivity index (χ1v) is 9.26. The van der Waals surface area contributed by atoms with Crippen LogP contribution in [-0.2, 0) is 6.54 Å².